The van der Waals surface area contributed by atoms with E-state index in [1.807, 2.05) is 0 Å². The second kappa shape index (κ2) is 5.17. The summed E-state index contributed by atoms with van der Waals surface area (Å²) in [5.41, 5.74) is -1.55. The number of carboxylic acid groups (broad SMARTS) is 1. The van der Waals surface area contributed by atoms with Crippen LogP contribution in [0.2, 0.25) is 0 Å². The lowest BCUT2D eigenvalue weighted by Gasteiger charge is -2.33. The zero-order chi connectivity index (χ0) is 12.3. The molecule has 1 unspecified atom stereocenters. The van der Waals surface area contributed by atoms with E-state index < -0.39 is 11.6 Å². The van der Waals surface area contributed by atoms with Gasteiger partial charge in [-0.1, -0.05) is 26.7 Å². The van der Waals surface area contributed by atoms with E-state index in [4.69, 9.17) is 5.11 Å². The SMILES string of the molecule is CC(C)C1CCC(CC(C)(O)C(=O)O)CC1. The van der Waals surface area contributed by atoms with Crippen LogP contribution in [0.15, 0.2) is 0 Å². The number of rotatable bonds is 4. The predicted molar refractivity (Wildman–Crippen MR) is 63.2 cm³/mol. The number of hydrogen-bond donors (Lipinski definition) is 2. The number of carboxylic acids is 1. The van der Waals surface area contributed by atoms with Crippen molar-refractivity contribution in [1.29, 1.82) is 0 Å². The van der Waals surface area contributed by atoms with Crippen LogP contribution >= 0.6 is 0 Å². The van der Waals surface area contributed by atoms with Crippen LogP contribution in [0.1, 0.15) is 52.9 Å². The second-order valence-corrected chi connectivity index (χ2v) is 5.81. The Hall–Kier alpha value is -0.570. The molecular formula is C13H24O3. The highest BCUT2D eigenvalue weighted by Gasteiger charge is 2.34. The molecule has 0 aromatic carbocycles. The van der Waals surface area contributed by atoms with Crippen LogP contribution in [0.5, 0.6) is 0 Å². The average molecular weight is 228 g/mol. The van der Waals surface area contributed by atoms with E-state index in [1.54, 1.807) is 0 Å². The van der Waals surface area contributed by atoms with Crippen LogP contribution in [-0.4, -0.2) is 21.8 Å². The van der Waals surface area contributed by atoms with Crippen molar-refractivity contribution in [3.8, 4) is 0 Å². The Bertz CT molecular complexity index is 238. The molecule has 0 bridgehead atoms. The minimum absolute atomic E-state index is 0.376. The first-order chi connectivity index (χ1) is 7.33. The topological polar surface area (TPSA) is 57.5 Å². The molecule has 3 nitrogen and oxygen atoms in total. The standard InChI is InChI=1S/C13H24O3/c1-9(2)11-6-4-10(5-7-11)8-13(3,16)12(14)15/h9-11,16H,4-8H2,1-3H3,(H,14,15). The third kappa shape index (κ3) is 3.48. The van der Waals surface area contributed by atoms with Gasteiger partial charge in [0.15, 0.2) is 5.60 Å². The first-order valence-electron chi connectivity index (χ1n) is 6.28. The molecule has 94 valence electrons. The Morgan fingerprint density at radius 1 is 1.31 bits per heavy atom. The molecule has 0 saturated heterocycles. The Morgan fingerprint density at radius 3 is 2.19 bits per heavy atom. The molecule has 16 heavy (non-hydrogen) atoms. The van der Waals surface area contributed by atoms with Gasteiger partial charge in [0.1, 0.15) is 0 Å². The molecule has 2 N–H and O–H groups in total. The molecule has 1 rings (SSSR count). The number of aliphatic carboxylic acids is 1. The van der Waals surface area contributed by atoms with E-state index in [1.165, 1.54) is 19.8 Å². The fraction of sp³-hybridized carbons (Fsp3) is 0.923. The summed E-state index contributed by atoms with van der Waals surface area (Å²) in [5, 5.41) is 18.6. The molecule has 0 radical (unpaired) electrons. The summed E-state index contributed by atoms with van der Waals surface area (Å²) < 4.78 is 0. The fourth-order valence-electron chi connectivity index (χ4n) is 2.71. The molecule has 1 aliphatic rings. The molecule has 3 heteroatoms. The Morgan fingerprint density at radius 2 is 1.81 bits per heavy atom. The summed E-state index contributed by atoms with van der Waals surface area (Å²) >= 11 is 0. The van der Waals surface area contributed by atoms with Crippen LogP contribution in [0.3, 0.4) is 0 Å². The van der Waals surface area contributed by atoms with Crippen LogP contribution in [0, 0.1) is 17.8 Å². The number of carbonyl (C=O) groups is 1. The van der Waals surface area contributed by atoms with Gasteiger partial charge in [0.25, 0.3) is 0 Å². The van der Waals surface area contributed by atoms with Crippen molar-refractivity contribution in [2.45, 2.75) is 58.5 Å². The summed E-state index contributed by atoms with van der Waals surface area (Å²) in [6.07, 6.45) is 4.88. The van der Waals surface area contributed by atoms with E-state index in [-0.39, 0.29) is 0 Å². The van der Waals surface area contributed by atoms with Crippen molar-refractivity contribution in [2.24, 2.45) is 17.8 Å². The lowest BCUT2D eigenvalue weighted by atomic mass is 9.74. The average Bonchev–Trinajstić information content (AvgIpc) is 2.17. The lowest BCUT2D eigenvalue weighted by Crippen LogP contribution is -2.38. The minimum Gasteiger partial charge on any atom is -0.479 e. The van der Waals surface area contributed by atoms with Crippen molar-refractivity contribution in [1.82, 2.24) is 0 Å². The maximum Gasteiger partial charge on any atom is 0.335 e. The summed E-state index contributed by atoms with van der Waals surface area (Å²) in [6, 6.07) is 0. The van der Waals surface area contributed by atoms with Gasteiger partial charge in [-0.25, -0.2) is 4.79 Å². The Balaban J connectivity index is 2.40. The van der Waals surface area contributed by atoms with Gasteiger partial charge in [0, 0.05) is 0 Å². The maximum atomic E-state index is 10.8. The Kier molecular flexibility index (Phi) is 4.36. The number of hydrogen-bond acceptors (Lipinski definition) is 2. The van der Waals surface area contributed by atoms with Gasteiger partial charge < -0.3 is 10.2 Å². The first kappa shape index (κ1) is 13.5. The van der Waals surface area contributed by atoms with E-state index in [0.717, 1.165) is 24.7 Å². The van der Waals surface area contributed by atoms with Crippen molar-refractivity contribution < 1.29 is 15.0 Å². The molecule has 1 fully saturated rings. The van der Waals surface area contributed by atoms with Crippen LogP contribution in [0.4, 0.5) is 0 Å². The molecule has 0 spiro atoms. The smallest absolute Gasteiger partial charge is 0.335 e. The summed E-state index contributed by atoms with van der Waals surface area (Å²) in [5.74, 6) is 0.784. The molecule has 0 aromatic heterocycles. The summed E-state index contributed by atoms with van der Waals surface area (Å²) in [7, 11) is 0. The zero-order valence-electron chi connectivity index (χ0n) is 10.6. The fourth-order valence-corrected chi connectivity index (χ4v) is 2.71. The van der Waals surface area contributed by atoms with Gasteiger partial charge in [-0.15, -0.1) is 0 Å². The molecule has 0 aliphatic heterocycles. The van der Waals surface area contributed by atoms with Crippen molar-refractivity contribution in [3.63, 3.8) is 0 Å². The highest BCUT2D eigenvalue weighted by molar-refractivity contribution is 5.76. The van der Waals surface area contributed by atoms with Gasteiger partial charge in [-0.2, -0.15) is 0 Å². The number of aliphatic hydroxyl groups is 1. The van der Waals surface area contributed by atoms with Crippen LogP contribution < -0.4 is 0 Å². The Labute approximate surface area is 97.9 Å². The van der Waals surface area contributed by atoms with Gasteiger partial charge in [-0.3, -0.25) is 0 Å². The molecule has 0 amide bonds. The van der Waals surface area contributed by atoms with Crippen molar-refractivity contribution in [3.05, 3.63) is 0 Å². The largest absolute Gasteiger partial charge is 0.479 e. The summed E-state index contributed by atoms with van der Waals surface area (Å²) in [4.78, 5) is 10.8. The predicted octanol–water partition coefficient (Wildman–Crippen LogP) is 2.67. The molecular weight excluding hydrogens is 204 g/mol. The van der Waals surface area contributed by atoms with E-state index in [2.05, 4.69) is 13.8 Å². The van der Waals surface area contributed by atoms with E-state index >= 15 is 0 Å². The van der Waals surface area contributed by atoms with Crippen LogP contribution in [-0.2, 0) is 4.79 Å². The van der Waals surface area contributed by atoms with Gasteiger partial charge in [0.2, 0.25) is 0 Å². The summed E-state index contributed by atoms with van der Waals surface area (Å²) in [6.45, 7) is 5.90. The van der Waals surface area contributed by atoms with Gasteiger partial charge >= 0.3 is 5.97 Å². The molecule has 1 saturated carbocycles. The lowest BCUT2D eigenvalue weighted by molar-refractivity contribution is -0.158. The quantitative estimate of drug-likeness (QED) is 0.777. The van der Waals surface area contributed by atoms with Crippen molar-refractivity contribution in [2.75, 3.05) is 0 Å². The van der Waals surface area contributed by atoms with Gasteiger partial charge in [-0.05, 0) is 43.9 Å². The van der Waals surface area contributed by atoms with Crippen LogP contribution in [0.25, 0.3) is 0 Å². The molecule has 1 aliphatic carbocycles. The maximum absolute atomic E-state index is 10.8. The second-order valence-electron chi connectivity index (χ2n) is 5.81. The van der Waals surface area contributed by atoms with E-state index in [0.29, 0.717) is 12.3 Å². The zero-order valence-corrected chi connectivity index (χ0v) is 10.6. The molecule has 0 aromatic rings. The first-order valence-corrected chi connectivity index (χ1v) is 6.28. The third-order valence-electron chi connectivity index (χ3n) is 3.98. The van der Waals surface area contributed by atoms with Crippen molar-refractivity contribution >= 4 is 5.97 Å². The molecule has 1 atom stereocenters. The monoisotopic (exact) mass is 228 g/mol. The minimum atomic E-state index is -1.55. The molecule has 0 heterocycles. The van der Waals surface area contributed by atoms with E-state index in [9.17, 15) is 9.90 Å². The highest BCUT2D eigenvalue weighted by Crippen LogP contribution is 2.36. The normalized spacial score (nSPS) is 30.1. The highest BCUT2D eigenvalue weighted by atomic mass is 16.4. The van der Waals surface area contributed by atoms with Gasteiger partial charge in [0.05, 0.1) is 0 Å². The third-order valence-corrected chi connectivity index (χ3v) is 3.98.